The summed E-state index contributed by atoms with van der Waals surface area (Å²) in [6, 6.07) is 4.34. The molecule has 0 spiro atoms. The molecule has 0 fully saturated rings. The standard InChI is InChI=1S/C12H15ClFN5/c1-3-6-15-8(2)12-16-17-18-19(12)11-5-4-9(13)7-10(11)14/h4-5,7-8,15H,3,6H2,1-2H3. The third-order valence-electron chi connectivity index (χ3n) is 2.72. The number of tetrazole rings is 1. The molecular weight excluding hydrogens is 269 g/mol. The lowest BCUT2D eigenvalue weighted by atomic mass is 10.2. The molecular formula is C12H15ClFN5. The van der Waals surface area contributed by atoms with Crippen molar-refractivity contribution in [3.63, 3.8) is 0 Å². The van der Waals surface area contributed by atoms with E-state index >= 15 is 0 Å². The Morgan fingerprint density at radius 3 is 2.95 bits per heavy atom. The summed E-state index contributed by atoms with van der Waals surface area (Å²) in [4.78, 5) is 0. The molecule has 0 bridgehead atoms. The lowest BCUT2D eigenvalue weighted by molar-refractivity contribution is 0.524. The molecule has 102 valence electrons. The van der Waals surface area contributed by atoms with Crippen molar-refractivity contribution in [2.24, 2.45) is 0 Å². The first-order valence-corrected chi connectivity index (χ1v) is 6.48. The quantitative estimate of drug-likeness (QED) is 0.916. The van der Waals surface area contributed by atoms with Gasteiger partial charge in [0.2, 0.25) is 0 Å². The number of hydrogen-bond donors (Lipinski definition) is 1. The molecule has 7 heteroatoms. The van der Waals surface area contributed by atoms with Gasteiger partial charge in [-0.2, -0.15) is 4.68 Å². The summed E-state index contributed by atoms with van der Waals surface area (Å²) >= 11 is 5.74. The van der Waals surface area contributed by atoms with Crippen molar-refractivity contribution in [2.45, 2.75) is 26.3 Å². The van der Waals surface area contributed by atoms with Gasteiger partial charge >= 0.3 is 0 Å². The zero-order valence-electron chi connectivity index (χ0n) is 10.8. The Morgan fingerprint density at radius 1 is 1.47 bits per heavy atom. The highest BCUT2D eigenvalue weighted by Gasteiger charge is 2.17. The molecule has 0 aliphatic carbocycles. The van der Waals surface area contributed by atoms with Crippen LogP contribution in [-0.4, -0.2) is 26.8 Å². The van der Waals surface area contributed by atoms with E-state index in [-0.39, 0.29) is 11.7 Å². The van der Waals surface area contributed by atoms with Crippen LogP contribution >= 0.6 is 11.6 Å². The van der Waals surface area contributed by atoms with Crippen LogP contribution < -0.4 is 5.32 Å². The van der Waals surface area contributed by atoms with Crippen molar-refractivity contribution in [2.75, 3.05) is 6.54 Å². The Hall–Kier alpha value is -1.53. The van der Waals surface area contributed by atoms with Gasteiger partial charge in [0.1, 0.15) is 11.5 Å². The maximum atomic E-state index is 13.9. The third-order valence-corrected chi connectivity index (χ3v) is 2.95. The van der Waals surface area contributed by atoms with E-state index in [1.807, 2.05) is 6.92 Å². The van der Waals surface area contributed by atoms with Crippen LogP contribution in [0.25, 0.3) is 5.69 Å². The number of nitrogens with zero attached hydrogens (tertiary/aromatic N) is 4. The monoisotopic (exact) mass is 283 g/mol. The van der Waals surface area contributed by atoms with Crippen molar-refractivity contribution in [1.82, 2.24) is 25.5 Å². The minimum absolute atomic E-state index is 0.0648. The van der Waals surface area contributed by atoms with Crippen LogP contribution in [0.5, 0.6) is 0 Å². The molecule has 1 heterocycles. The van der Waals surface area contributed by atoms with Gasteiger partial charge in [0.15, 0.2) is 5.82 Å². The number of nitrogens with one attached hydrogen (secondary N) is 1. The first-order chi connectivity index (χ1) is 9.13. The normalized spacial score (nSPS) is 12.6. The summed E-state index contributed by atoms with van der Waals surface area (Å²) < 4.78 is 15.3. The van der Waals surface area contributed by atoms with Crippen molar-refractivity contribution in [1.29, 1.82) is 0 Å². The fraction of sp³-hybridized carbons (Fsp3) is 0.417. The van der Waals surface area contributed by atoms with Crippen LogP contribution in [0.1, 0.15) is 32.1 Å². The van der Waals surface area contributed by atoms with Crippen LogP contribution in [0.4, 0.5) is 4.39 Å². The average Bonchev–Trinajstić information content (AvgIpc) is 2.85. The maximum Gasteiger partial charge on any atom is 0.173 e. The molecule has 1 N–H and O–H groups in total. The highest BCUT2D eigenvalue weighted by molar-refractivity contribution is 6.30. The molecule has 2 rings (SSSR count). The smallest absolute Gasteiger partial charge is 0.173 e. The molecule has 1 unspecified atom stereocenters. The molecule has 0 aliphatic rings. The van der Waals surface area contributed by atoms with E-state index in [2.05, 4.69) is 27.8 Å². The Kier molecular flexibility index (Phi) is 4.44. The second-order valence-corrected chi connectivity index (χ2v) is 4.66. The summed E-state index contributed by atoms with van der Waals surface area (Å²) in [6.07, 6.45) is 1.00. The first kappa shape index (κ1) is 13.9. The van der Waals surface area contributed by atoms with Gasteiger partial charge in [-0.25, -0.2) is 4.39 Å². The van der Waals surface area contributed by atoms with Gasteiger partial charge in [-0.15, -0.1) is 5.10 Å². The second-order valence-electron chi connectivity index (χ2n) is 4.22. The van der Waals surface area contributed by atoms with E-state index in [0.717, 1.165) is 13.0 Å². The molecule has 1 atom stereocenters. The summed E-state index contributed by atoms with van der Waals surface area (Å²) in [5.74, 6) is 0.110. The van der Waals surface area contributed by atoms with E-state index in [0.29, 0.717) is 10.8 Å². The van der Waals surface area contributed by atoms with Gasteiger partial charge < -0.3 is 5.32 Å². The second kappa shape index (κ2) is 6.08. The number of halogens is 2. The Morgan fingerprint density at radius 2 is 2.26 bits per heavy atom. The molecule has 0 radical (unpaired) electrons. The summed E-state index contributed by atoms with van der Waals surface area (Å²) in [6.45, 7) is 4.85. The fourth-order valence-corrected chi connectivity index (χ4v) is 1.90. The largest absolute Gasteiger partial charge is 0.307 e. The SMILES string of the molecule is CCCNC(C)c1nnnn1-c1ccc(Cl)cc1F. The minimum Gasteiger partial charge on any atom is -0.307 e. The molecule has 1 aromatic heterocycles. The molecule has 0 aliphatic heterocycles. The predicted octanol–water partition coefficient (Wildman–Crippen LogP) is 2.52. The lowest BCUT2D eigenvalue weighted by Gasteiger charge is -2.13. The van der Waals surface area contributed by atoms with E-state index in [1.165, 1.54) is 10.7 Å². The number of rotatable bonds is 5. The first-order valence-electron chi connectivity index (χ1n) is 6.10. The molecule has 0 amide bonds. The highest BCUT2D eigenvalue weighted by atomic mass is 35.5. The van der Waals surface area contributed by atoms with Crippen molar-refractivity contribution in [3.8, 4) is 5.69 Å². The minimum atomic E-state index is -0.455. The van der Waals surface area contributed by atoms with Crippen LogP contribution in [0, 0.1) is 5.82 Å². The zero-order valence-corrected chi connectivity index (χ0v) is 11.5. The molecule has 5 nitrogen and oxygen atoms in total. The van der Waals surface area contributed by atoms with Crippen LogP contribution in [0.15, 0.2) is 18.2 Å². The zero-order chi connectivity index (χ0) is 13.8. The molecule has 0 saturated heterocycles. The van der Waals surface area contributed by atoms with Gasteiger partial charge in [0.25, 0.3) is 0 Å². The van der Waals surface area contributed by atoms with E-state index < -0.39 is 5.82 Å². The van der Waals surface area contributed by atoms with Crippen LogP contribution in [-0.2, 0) is 0 Å². The van der Waals surface area contributed by atoms with Gasteiger partial charge in [-0.3, -0.25) is 0 Å². The summed E-state index contributed by atoms with van der Waals surface area (Å²) in [5.41, 5.74) is 0.287. The molecule has 0 saturated carbocycles. The van der Waals surface area contributed by atoms with Crippen LogP contribution in [0.2, 0.25) is 5.02 Å². The number of benzene rings is 1. The maximum absolute atomic E-state index is 13.9. The average molecular weight is 284 g/mol. The highest BCUT2D eigenvalue weighted by Crippen LogP contribution is 2.20. The molecule has 19 heavy (non-hydrogen) atoms. The summed E-state index contributed by atoms with van der Waals surface area (Å²) in [5, 5.41) is 15.0. The van der Waals surface area contributed by atoms with E-state index in [9.17, 15) is 4.39 Å². The topological polar surface area (TPSA) is 55.6 Å². The molecule has 1 aromatic carbocycles. The van der Waals surface area contributed by atoms with E-state index in [1.54, 1.807) is 12.1 Å². The Balaban J connectivity index is 2.33. The van der Waals surface area contributed by atoms with Gasteiger partial charge in [0.05, 0.1) is 6.04 Å². The molecule has 2 aromatic rings. The predicted molar refractivity (Wildman–Crippen MR) is 70.8 cm³/mol. The third kappa shape index (κ3) is 3.08. The Labute approximate surface area is 115 Å². The van der Waals surface area contributed by atoms with Crippen molar-refractivity contribution in [3.05, 3.63) is 34.9 Å². The van der Waals surface area contributed by atoms with Gasteiger partial charge in [-0.1, -0.05) is 18.5 Å². The van der Waals surface area contributed by atoms with E-state index in [4.69, 9.17) is 11.6 Å². The summed E-state index contributed by atoms with van der Waals surface area (Å²) in [7, 11) is 0. The number of hydrogen-bond acceptors (Lipinski definition) is 4. The van der Waals surface area contributed by atoms with Crippen molar-refractivity contribution < 1.29 is 4.39 Å². The Bertz CT molecular complexity index is 557. The number of aromatic nitrogens is 4. The van der Waals surface area contributed by atoms with Gasteiger partial charge in [-0.05, 0) is 48.5 Å². The van der Waals surface area contributed by atoms with Crippen LogP contribution in [0.3, 0.4) is 0 Å². The van der Waals surface area contributed by atoms with Gasteiger partial charge in [0, 0.05) is 5.02 Å². The van der Waals surface area contributed by atoms with Crippen molar-refractivity contribution >= 4 is 11.6 Å². The lowest BCUT2D eigenvalue weighted by Crippen LogP contribution is -2.23. The fourth-order valence-electron chi connectivity index (χ4n) is 1.74.